The van der Waals surface area contributed by atoms with Gasteiger partial charge in [0.05, 0.1) is 7.11 Å². The minimum atomic E-state index is 0.498. The highest BCUT2D eigenvalue weighted by Crippen LogP contribution is 2.39. The van der Waals surface area contributed by atoms with Gasteiger partial charge in [-0.1, -0.05) is 49.4 Å². The van der Waals surface area contributed by atoms with Crippen LogP contribution in [0.3, 0.4) is 0 Å². The first-order valence-corrected chi connectivity index (χ1v) is 6.25. The highest BCUT2D eigenvalue weighted by atomic mass is 16.5. The Kier molecular flexibility index (Phi) is 2.67. The number of hydrogen-bond donors (Lipinski definition) is 0. The Bertz CT molecular complexity index is 593. The van der Waals surface area contributed by atoms with Crippen molar-refractivity contribution in [1.82, 2.24) is 0 Å². The van der Waals surface area contributed by atoms with Crippen LogP contribution < -0.4 is 4.74 Å². The lowest BCUT2D eigenvalue weighted by Crippen LogP contribution is -1.88. The predicted molar refractivity (Wildman–Crippen MR) is 74.9 cm³/mol. The second kappa shape index (κ2) is 4.34. The molecule has 1 atom stereocenters. The van der Waals surface area contributed by atoms with Gasteiger partial charge >= 0.3 is 0 Å². The molecular formula is C17H16O. The normalized spacial score (nSPS) is 17.2. The molecular weight excluding hydrogens is 220 g/mol. The maximum Gasteiger partial charge on any atom is 0.118 e. The molecule has 2 aromatic rings. The van der Waals surface area contributed by atoms with Crippen LogP contribution in [-0.2, 0) is 0 Å². The third-order valence-corrected chi connectivity index (χ3v) is 3.56. The van der Waals surface area contributed by atoms with Crippen molar-refractivity contribution in [1.29, 1.82) is 0 Å². The fraction of sp³-hybridized carbons (Fsp3) is 0.176. The average Bonchev–Trinajstić information content (AvgIpc) is 2.77. The number of ether oxygens (including phenoxy) is 1. The van der Waals surface area contributed by atoms with Crippen molar-refractivity contribution in [2.45, 2.75) is 12.8 Å². The number of benzene rings is 2. The molecule has 90 valence electrons. The highest BCUT2D eigenvalue weighted by Gasteiger charge is 2.20. The molecule has 0 fully saturated rings. The van der Waals surface area contributed by atoms with E-state index in [9.17, 15) is 0 Å². The maximum absolute atomic E-state index is 5.20. The largest absolute Gasteiger partial charge is 0.497 e. The van der Waals surface area contributed by atoms with Gasteiger partial charge in [0.2, 0.25) is 0 Å². The lowest BCUT2D eigenvalue weighted by molar-refractivity contribution is 0.415. The van der Waals surface area contributed by atoms with E-state index in [4.69, 9.17) is 4.74 Å². The van der Waals surface area contributed by atoms with Gasteiger partial charge in [0.1, 0.15) is 5.75 Å². The Morgan fingerprint density at radius 2 is 1.67 bits per heavy atom. The average molecular weight is 236 g/mol. The van der Waals surface area contributed by atoms with Crippen LogP contribution in [0.1, 0.15) is 29.5 Å². The molecule has 0 radical (unpaired) electrons. The Morgan fingerprint density at radius 1 is 0.944 bits per heavy atom. The van der Waals surface area contributed by atoms with Gasteiger partial charge in [-0.15, -0.1) is 0 Å². The molecule has 1 aliphatic carbocycles. The minimum absolute atomic E-state index is 0.498. The smallest absolute Gasteiger partial charge is 0.118 e. The Morgan fingerprint density at radius 3 is 2.39 bits per heavy atom. The standard InChI is InChI=1S/C17H16O/c1-12-11-17(16-6-4-3-5-15(12)16)13-7-9-14(18-2)10-8-13/h3-12H,1-2H3. The first-order chi connectivity index (χ1) is 8.79. The second-order valence-electron chi connectivity index (χ2n) is 4.68. The van der Waals surface area contributed by atoms with Gasteiger partial charge in [-0.25, -0.2) is 0 Å². The summed E-state index contributed by atoms with van der Waals surface area (Å²) in [6, 6.07) is 16.9. The quantitative estimate of drug-likeness (QED) is 0.757. The summed E-state index contributed by atoms with van der Waals surface area (Å²) in [5.41, 5.74) is 5.37. The highest BCUT2D eigenvalue weighted by molar-refractivity contribution is 5.85. The zero-order valence-corrected chi connectivity index (χ0v) is 10.7. The van der Waals surface area contributed by atoms with E-state index >= 15 is 0 Å². The second-order valence-corrected chi connectivity index (χ2v) is 4.68. The van der Waals surface area contributed by atoms with Crippen molar-refractivity contribution in [3.63, 3.8) is 0 Å². The van der Waals surface area contributed by atoms with Crippen molar-refractivity contribution in [3.05, 3.63) is 71.3 Å². The molecule has 0 N–H and O–H groups in total. The lowest BCUT2D eigenvalue weighted by atomic mass is 9.98. The Balaban J connectivity index is 2.05. The molecule has 3 rings (SSSR count). The summed E-state index contributed by atoms with van der Waals surface area (Å²) in [6.07, 6.45) is 2.34. The third-order valence-electron chi connectivity index (χ3n) is 3.56. The molecule has 1 nitrogen and oxygen atoms in total. The SMILES string of the molecule is COc1ccc(C2=CC(C)c3ccccc32)cc1. The van der Waals surface area contributed by atoms with E-state index in [1.54, 1.807) is 7.11 Å². The van der Waals surface area contributed by atoms with E-state index in [2.05, 4.69) is 49.4 Å². The minimum Gasteiger partial charge on any atom is -0.497 e. The fourth-order valence-corrected chi connectivity index (χ4v) is 2.59. The summed E-state index contributed by atoms with van der Waals surface area (Å²) in [6.45, 7) is 2.25. The molecule has 0 bridgehead atoms. The van der Waals surface area contributed by atoms with E-state index in [1.807, 2.05) is 12.1 Å². The molecule has 0 spiro atoms. The Hall–Kier alpha value is -2.02. The third kappa shape index (κ3) is 1.72. The summed E-state index contributed by atoms with van der Waals surface area (Å²) in [4.78, 5) is 0. The Labute approximate surface area is 108 Å². The van der Waals surface area contributed by atoms with Crippen molar-refractivity contribution >= 4 is 5.57 Å². The zero-order valence-electron chi connectivity index (χ0n) is 10.7. The summed E-state index contributed by atoms with van der Waals surface area (Å²) >= 11 is 0. The van der Waals surface area contributed by atoms with Crippen molar-refractivity contribution in [2.75, 3.05) is 7.11 Å². The first-order valence-electron chi connectivity index (χ1n) is 6.25. The van der Waals surface area contributed by atoms with Crippen LogP contribution in [0.5, 0.6) is 5.75 Å². The molecule has 1 aliphatic rings. The summed E-state index contributed by atoms with van der Waals surface area (Å²) in [5, 5.41) is 0. The number of hydrogen-bond acceptors (Lipinski definition) is 1. The molecule has 0 aliphatic heterocycles. The monoisotopic (exact) mass is 236 g/mol. The van der Waals surface area contributed by atoms with Crippen LogP contribution in [0, 0.1) is 0 Å². The van der Waals surface area contributed by atoms with Crippen molar-refractivity contribution in [3.8, 4) is 5.75 Å². The van der Waals surface area contributed by atoms with Gasteiger partial charge in [-0.3, -0.25) is 0 Å². The van der Waals surface area contributed by atoms with Crippen LogP contribution in [0.4, 0.5) is 0 Å². The molecule has 0 saturated heterocycles. The molecule has 0 heterocycles. The topological polar surface area (TPSA) is 9.23 Å². The molecule has 1 unspecified atom stereocenters. The molecule has 0 amide bonds. The number of rotatable bonds is 2. The molecule has 1 heteroatoms. The van der Waals surface area contributed by atoms with Gasteiger partial charge in [0, 0.05) is 5.92 Å². The molecule has 0 aromatic heterocycles. The van der Waals surface area contributed by atoms with E-state index in [1.165, 1.54) is 22.3 Å². The van der Waals surface area contributed by atoms with Crippen molar-refractivity contribution < 1.29 is 4.74 Å². The van der Waals surface area contributed by atoms with Gasteiger partial charge in [0.15, 0.2) is 0 Å². The lowest BCUT2D eigenvalue weighted by Gasteiger charge is -2.07. The van der Waals surface area contributed by atoms with Crippen LogP contribution in [-0.4, -0.2) is 7.11 Å². The van der Waals surface area contributed by atoms with Crippen LogP contribution in [0.2, 0.25) is 0 Å². The van der Waals surface area contributed by atoms with E-state index in [0.29, 0.717) is 5.92 Å². The summed E-state index contributed by atoms with van der Waals surface area (Å²) in [7, 11) is 1.70. The predicted octanol–water partition coefficient (Wildman–Crippen LogP) is 4.24. The fourth-order valence-electron chi connectivity index (χ4n) is 2.59. The van der Waals surface area contributed by atoms with E-state index in [0.717, 1.165) is 5.75 Å². The van der Waals surface area contributed by atoms with E-state index < -0.39 is 0 Å². The van der Waals surface area contributed by atoms with Gasteiger partial charge < -0.3 is 4.74 Å². The molecule has 0 saturated carbocycles. The number of methoxy groups -OCH3 is 1. The van der Waals surface area contributed by atoms with Crippen LogP contribution >= 0.6 is 0 Å². The number of fused-ring (bicyclic) bond motifs is 1. The molecule has 2 aromatic carbocycles. The van der Waals surface area contributed by atoms with Gasteiger partial charge in [-0.2, -0.15) is 0 Å². The van der Waals surface area contributed by atoms with Gasteiger partial charge in [0.25, 0.3) is 0 Å². The molecule has 18 heavy (non-hydrogen) atoms. The van der Waals surface area contributed by atoms with Crippen LogP contribution in [0.15, 0.2) is 54.6 Å². The summed E-state index contributed by atoms with van der Waals surface area (Å²) in [5.74, 6) is 1.40. The van der Waals surface area contributed by atoms with Crippen molar-refractivity contribution in [2.24, 2.45) is 0 Å². The number of allylic oxidation sites excluding steroid dienone is 1. The summed E-state index contributed by atoms with van der Waals surface area (Å²) < 4.78 is 5.20. The van der Waals surface area contributed by atoms with Crippen LogP contribution in [0.25, 0.3) is 5.57 Å². The first kappa shape index (κ1) is 11.1. The zero-order chi connectivity index (χ0) is 12.5. The van der Waals surface area contributed by atoms with E-state index in [-0.39, 0.29) is 0 Å². The van der Waals surface area contributed by atoms with Gasteiger partial charge in [-0.05, 0) is 34.4 Å². The maximum atomic E-state index is 5.20.